The second-order valence-electron chi connectivity index (χ2n) is 5.63. The molecule has 3 heterocycles. The molecule has 0 aliphatic carbocycles. The highest BCUT2D eigenvalue weighted by Crippen LogP contribution is 2.29. The van der Waals surface area contributed by atoms with Gasteiger partial charge in [0.1, 0.15) is 4.21 Å². The molecule has 8 heteroatoms. The van der Waals surface area contributed by atoms with Crippen molar-refractivity contribution in [1.29, 1.82) is 0 Å². The van der Waals surface area contributed by atoms with E-state index in [2.05, 4.69) is 4.90 Å². The zero-order chi connectivity index (χ0) is 14.9. The van der Waals surface area contributed by atoms with Gasteiger partial charge in [-0.15, -0.1) is 11.3 Å². The van der Waals surface area contributed by atoms with E-state index in [-0.39, 0.29) is 6.54 Å². The minimum absolute atomic E-state index is 0.171. The lowest BCUT2D eigenvalue weighted by Gasteiger charge is -2.33. The minimum Gasteiger partial charge on any atom is -0.387 e. The van der Waals surface area contributed by atoms with Crippen LogP contribution >= 0.6 is 11.3 Å². The van der Waals surface area contributed by atoms with E-state index in [1.165, 1.54) is 15.6 Å². The summed E-state index contributed by atoms with van der Waals surface area (Å²) in [4.78, 5) is 2.14. The topological polar surface area (TPSA) is 70.1 Å². The molecule has 3 rings (SSSR count). The number of nitrogens with zero attached hydrogens (tertiary/aromatic N) is 2. The fraction of sp³-hybridized carbons (Fsp3) is 0.692. The lowest BCUT2D eigenvalue weighted by molar-refractivity contribution is -0.0239. The highest BCUT2D eigenvalue weighted by Gasteiger charge is 2.43. The van der Waals surface area contributed by atoms with Crippen molar-refractivity contribution in [2.75, 3.05) is 45.9 Å². The van der Waals surface area contributed by atoms with E-state index in [9.17, 15) is 13.5 Å². The average molecular weight is 332 g/mol. The summed E-state index contributed by atoms with van der Waals surface area (Å²) >= 11 is 1.21. The Bertz CT molecular complexity index is 569. The van der Waals surface area contributed by atoms with Gasteiger partial charge in [0, 0.05) is 32.7 Å². The van der Waals surface area contributed by atoms with E-state index >= 15 is 0 Å². The highest BCUT2D eigenvalue weighted by molar-refractivity contribution is 7.91. The van der Waals surface area contributed by atoms with Gasteiger partial charge >= 0.3 is 0 Å². The first-order chi connectivity index (χ1) is 10.00. The molecular weight excluding hydrogens is 312 g/mol. The number of thiophene rings is 1. The lowest BCUT2D eigenvalue weighted by Crippen LogP contribution is -2.49. The Labute approximate surface area is 129 Å². The van der Waals surface area contributed by atoms with Crippen molar-refractivity contribution in [3.8, 4) is 0 Å². The molecule has 1 atom stereocenters. The van der Waals surface area contributed by atoms with Gasteiger partial charge in [0.25, 0.3) is 10.0 Å². The van der Waals surface area contributed by atoms with Crippen molar-refractivity contribution in [1.82, 2.24) is 9.21 Å². The number of sulfonamides is 1. The Kier molecular flexibility index (Phi) is 4.35. The summed E-state index contributed by atoms with van der Waals surface area (Å²) in [5, 5.41) is 12.4. The summed E-state index contributed by atoms with van der Waals surface area (Å²) in [6.45, 7) is 3.99. The third-order valence-electron chi connectivity index (χ3n) is 4.01. The van der Waals surface area contributed by atoms with E-state index in [1.807, 2.05) is 0 Å². The number of morpholine rings is 1. The molecule has 2 aliphatic rings. The Morgan fingerprint density at radius 3 is 2.76 bits per heavy atom. The van der Waals surface area contributed by atoms with Gasteiger partial charge in [-0.3, -0.25) is 4.90 Å². The summed E-state index contributed by atoms with van der Waals surface area (Å²) in [5.74, 6) is 0. The molecule has 2 aliphatic heterocycles. The van der Waals surface area contributed by atoms with Gasteiger partial charge in [-0.2, -0.15) is 4.31 Å². The average Bonchev–Trinajstić information content (AvgIpc) is 3.10. The molecular formula is C13H20N2O4S2. The molecule has 6 nitrogen and oxygen atoms in total. The molecule has 21 heavy (non-hydrogen) atoms. The Hall–Kier alpha value is -0.510. The second-order valence-corrected chi connectivity index (χ2v) is 8.75. The summed E-state index contributed by atoms with van der Waals surface area (Å²) < 4.78 is 32.0. The molecule has 1 aromatic heterocycles. The number of hydrogen-bond donors (Lipinski definition) is 1. The van der Waals surface area contributed by atoms with Crippen LogP contribution in [-0.2, 0) is 14.8 Å². The van der Waals surface area contributed by atoms with Gasteiger partial charge in [0.05, 0.1) is 18.8 Å². The van der Waals surface area contributed by atoms with E-state index in [1.54, 1.807) is 17.5 Å². The number of rotatable bonds is 4. The van der Waals surface area contributed by atoms with Gasteiger partial charge in [-0.05, 0) is 17.9 Å². The summed E-state index contributed by atoms with van der Waals surface area (Å²) in [7, 11) is -3.46. The van der Waals surface area contributed by atoms with Gasteiger partial charge in [0.15, 0.2) is 0 Å². The first-order valence-electron chi connectivity index (χ1n) is 7.06. The molecule has 0 amide bonds. The van der Waals surface area contributed by atoms with Crippen molar-refractivity contribution >= 4 is 21.4 Å². The van der Waals surface area contributed by atoms with E-state index < -0.39 is 15.6 Å². The highest BCUT2D eigenvalue weighted by atomic mass is 32.2. The van der Waals surface area contributed by atoms with Crippen LogP contribution in [-0.4, -0.2) is 74.3 Å². The predicted molar refractivity (Wildman–Crippen MR) is 79.9 cm³/mol. The molecule has 0 aromatic carbocycles. The third kappa shape index (κ3) is 3.30. The fourth-order valence-corrected chi connectivity index (χ4v) is 5.53. The van der Waals surface area contributed by atoms with Crippen molar-refractivity contribution in [2.24, 2.45) is 0 Å². The third-order valence-corrected chi connectivity index (χ3v) is 7.23. The quantitative estimate of drug-likeness (QED) is 0.853. The van der Waals surface area contributed by atoms with E-state index in [0.29, 0.717) is 36.9 Å². The SMILES string of the molecule is O=S(=O)(c1cccs1)N1CC[C@@](O)(CN2CCOCC2)C1. The summed E-state index contributed by atoms with van der Waals surface area (Å²) in [5.41, 5.74) is -0.957. The maximum absolute atomic E-state index is 12.5. The minimum atomic E-state index is -3.46. The molecule has 118 valence electrons. The van der Waals surface area contributed by atoms with Crippen molar-refractivity contribution < 1.29 is 18.3 Å². The first-order valence-corrected chi connectivity index (χ1v) is 9.38. The second kappa shape index (κ2) is 5.94. The molecule has 0 radical (unpaired) electrons. The summed E-state index contributed by atoms with van der Waals surface area (Å²) in [6, 6.07) is 3.34. The zero-order valence-corrected chi connectivity index (χ0v) is 13.4. The molecule has 0 unspecified atom stereocenters. The normalized spacial score (nSPS) is 29.0. The van der Waals surface area contributed by atoms with Crippen LogP contribution in [0.5, 0.6) is 0 Å². The van der Waals surface area contributed by atoms with Crippen molar-refractivity contribution in [3.63, 3.8) is 0 Å². The Morgan fingerprint density at radius 2 is 2.10 bits per heavy atom. The summed E-state index contributed by atoms with van der Waals surface area (Å²) in [6.07, 6.45) is 0.481. The van der Waals surface area contributed by atoms with Crippen molar-refractivity contribution in [2.45, 2.75) is 16.2 Å². The van der Waals surface area contributed by atoms with Crippen LogP contribution in [0.15, 0.2) is 21.7 Å². The maximum Gasteiger partial charge on any atom is 0.252 e. The monoisotopic (exact) mass is 332 g/mol. The van der Waals surface area contributed by atoms with Crippen LogP contribution in [0.25, 0.3) is 0 Å². The smallest absolute Gasteiger partial charge is 0.252 e. The predicted octanol–water partition coefficient (Wildman–Crippen LogP) is 0.206. The van der Waals surface area contributed by atoms with Gasteiger partial charge in [0.2, 0.25) is 0 Å². The van der Waals surface area contributed by atoms with Crippen LogP contribution in [0.2, 0.25) is 0 Å². The molecule has 0 saturated carbocycles. The zero-order valence-electron chi connectivity index (χ0n) is 11.8. The number of ether oxygens (including phenoxy) is 1. The Balaban J connectivity index is 1.67. The first kappa shape index (κ1) is 15.4. The van der Waals surface area contributed by atoms with Crippen LogP contribution in [0.4, 0.5) is 0 Å². The van der Waals surface area contributed by atoms with Gasteiger partial charge in [-0.1, -0.05) is 6.07 Å². The van der Waals surface area contributed by atoms with Crippen LogP contribution in [0.3, 0.4) is 0 Å². The van der Waals surface area contributed by atoms with Crippen molar-refractivity contribution in [3.05, 3.63) is 17.5 Å². The molecule has 0 bridgehead atoms. The van der Waals surface area contributed by atoms with Gasteiger partial charge < -0.3 is 9.84 Å². The van der Waals surface area contributed by atoms with Crippen LogP contribution in [0.1, 0.15) is 6.42 Å². The molecule has 1 N–H and O–H groups in total. The number of hydrogen-bond acceptors (Lipinski definition) is 6. The number of β-amino-alcohol motifs (C(OH)–C–C–N with tert-alkyl or cyclic N) is 1. The maximum atomic E-state index is 12.5. The van der Waals surface area contributed by atoms with E-state index in [4.69, 9.17) is 4.74 Å². The molecule has 2 fully saturated rings. The largest absolute Gasteiger partial charge is 0.387 e. The van der Waals surface area contributed by atoms with Crippen LogP contribution < -0.4 is 0 Å². The number of aliphatic hydroxyl groups is 1. The van der Waals surface area contributed by atoms with Crippen LogP contribution in [0, 0.1) is 0 Å². The van der Waals surface area contributed by atoms with E-state index in [0.717, 1.165) is 13.1 Å². The van der Waals surface area contributed by atoms with Gasteiger partial charge in [-0.25, -0.2) is 8.42 Å². The standard InChI is InChI=1S/C13H20N2O4S2/c16-13(10-14-5-7-19-8-6-14)3-4-15(11-13)21(17,18)12-2-1-9-20-12/h1-2,9,16H,3-8,10-11H2/t13-/m1/s1. The molecule has 0 spiro atoms. The Morgan fingerprint density at radius 1 is 1.33 bits per heavy atom. The molecule has 1 aromatic rings. The lowest BCUT2D eigenvalue weighted by atomic mass is 10.0. The molecule has 2 saturated heterocycles. The fourth-order valence-electron chi connectivity index (χ4n) is 2.87.